The number of aliphatic carboxylic acids is 1. The molecule has 0 saturated heterocycles. The molecule has 1 aromatic carbocycles. The van der Waals surface area contributed by atoms with Crippen LogP contribution in [0.15, 0.2) is 22.7 Å². The zero-order valence-corrected chi connectivity index (χ0v) is 12.1. The van der Waals surface area contributed by atoms with Crippen LogP contribution in [0.5, 0.6) is 5.75 Å². The summed E-state index contributed by atoms with van der Waals surface area (Å²) in [6.07, 6.45) is -0.390. The number of carbonyl (C=O) groups is 1. The molecule has 0 aliphatic carbocycles. The summed E-state index contributed by atoms with van der Waals surface area (Å²) >= 11 is 3.25. The molecule has 7 heteroatoms. The van der Waals surface area contributed by atoms with Crippen molar-refractivity contribution in [1.82, 2.24) is 0 Å². The van der Waals surface area contributed by atoms with Crippen LogP contribution in [-0.2, 0) is 20.4 Å². The van der Waals surface area contributed by atoms with Crippen molar-refractivity contribution in [2.45, 2.75) is 12.2 Å². The molecule has 1 aromatic rings. The van der Waals surface area contributed by atoms with Crippen LogP contribution in [0.4, 0.5) is 0 Å². The Kier molecular flexibility index (Phi) is 5.15. The monoisotopic (exact) mass is 336 g/mol. The Morgan fingerprint density at radius 1 is 1.44 bits per heavy atom. The quantitative estimate of drug-likeness (QED) is 0.857. The maximum Gasteiger partial charge on any atom is 0.304 e. The summed E-state index contributed by atoms with van der Waals surface area (Å²) in [6, 6.07) is 5.05. The Morgan fingerprint density at radius 2 is 2.11 bits per heavy atom. The van der Waals surface area contributed by atoms with E-state index in [4.69, 9.17) is 9.84 Å². The lowest BCUT2D eigenvalue weighted by molar-refractivity contribution is -0.136. The SMILES string of the molecule is COc1ccc(Br)cc1CS(=O)(=O)CCC(=O)O. The first-order valence-electron chi connectivity index (χ1n) is 5.08. The fourth-order valence-electron chi connectivity index (χ4n) is 1.41. The lowest BCUT2D eigenvalue weighted by atomic mass is 10.2. The van der Waals surface area contributed by atoms with E-state index in [1.165, 1.54) is 7.11 Å². The molecule has 5 nitrogen and oxygen atoms in total. The zero-order chi connectivity index (χ0) is 13.8. The minimum atomic E-state index is -3.46. The van der Waals surface area contributed by atoms with Crippen molar-refractivity contribution in [3.05, 3.63) is 28.2 Å². The summed E-state index contributed by atoms with van der Waals surface area (Å²) in [5.41, 5.74) is 0.511. The van der Waals surface area contributed by atoms with Gasteiger partial charge in [-0.3, -0.25) is 4.79 Å². The van der Waals surface area contributed by atoms with Gasteiger partial charge in [-0.2, -0.15) is 0 Å². The van der Waals surface area contributed by atoms with Crippen LogP contribution in [0.25, 0.3) is 0 Å². The molecule has 0 unspecified atom stereocenters. The smallest absolute Gasteiger partial charge is 0.304 e. The molecule has 1 rings (SSSR count). The molecule has 0 fully saturated rings. The Labute approximate surface area is 114 Å². The van der Waals surface area contributed by atoms with E-state index in [1.54, 1.807) is 18.2 Å². The number of sulfone groups is 1. The summed E-state index contributed by atoms with van der Waals surface area (Å²) in [6.45, 7) is 0. The van der Waals surface area contributed by atoms with Gasteiger partial charge < -0.3 is 9.84 Å². The van der Waals surface area contributed by atoms with Gasteiger partial charge in [-0.05, 0) is 18.2 Å². The van der Waals surface area contributed by atoms with Crippen molar-refractivity contribution in [2.75, 3.05) is 12.9 Å². The van der Waals surface area contributed by atoms with Gasteiger partial charge in [0.15, 0.2) is 9.84 Å². The highest BCUT2D eigenvalue weighted by Crippen LogP contribution is 2.25. The minimum Gasteiger partial charge on any atom is -0.496 e. The average Bonchev–Trinajstić information content (AvgIpc) is 2.26. The topological polar surface area (TPSA) is 80.7 Å². The molecule has 1 N–H and O–H groups in total. The van der Waals surface area contributed by atoms with Crippen molar-refractivity contribution in [3.63, 3.8) is 0 Å². The van der Waals surface area contributed by atoms with Gasteiger partial charge in [0.2, 0.25) is 0 Å². The summed E-state index contributed by atoms with van der Waals surface area (Å²) in [7, 11) is -2.01. The van der Waals surface area contributed by atoms with Crippen LogP contribution in [0.1, 0.15) is 12.0 Å². The number of methoxy groups -OCH3 is 1. The number of carboxylic acids is 1. The van der Waals surface area contributed by atoms with Gasteiger partial charge in [0.1, 0.15) is 5.75 Å². The first-order valence-corrected chi connectivity index (χ1v) is 7.70. The maximum atomic E-state index is 11.7. The third kappa shape index (κ3) is 4.66. The number of hydrogen-bond acceptors (Lipinski definition) is 4. The highest BCUT2D eigenvalue weighted by molar-refractivity contribution is 9.10. The number of halogens is 1. The Bertz CT molecular complexity index is 538. The van der Waals surface area contributed by atoms with Gasteiger partial charge in [0.25, 0.3) is 0 Å². The van der Waals surface area contributed by atoms with Crippen LogP contribution in [-0.4, -0.2) is 32.4 Å². The molecular weight excluding hydrogens is 324 g/mol. The molecule has 0 amide bonds. The van der Waals surface area contributed by atoms with Gasteiger partial charge in [-0.1, -0.05) is 15.9 Å². The van der Waals surface area contributed by atoms with Crippen LogP contribution in [0, 0.1) is 0 Å². The summed E-state index contributed by atoms with van der Waals surface area (Å²) in [5, 5.41) is 8.49. The molecule has 0 saturated carbocycles. The fraction of sp³-hybridized carbons (Fsp3) is 0.364. The second-order valence-electron chi connectivity index (χ2n) is 3.69. The molecular formula is C11H13BrO5S. The standard InChI is InChI=1S/C11H13BrO5S/c1-17-10-3-2-9(12)6-8(10)7-18(15,16)5-4-11(13)14/h2-3,6H,4-5,7H2,1H3,(H,13,14). The summed E-state index contributed by atoms with van der Waals surface area (Å²) in [5.74, 6) is -1.27. The van der Waals surface area contributed by atoms with Gasteiger partial charge in [0, 0.05) is 10.0 Å². The van der Waals surface area contributed by atoms with E-state index in [2.05, 4.69) is 15.9 Å². The van der Waals surface area contributed by atoms with Gasteiger partial charge >= 0.3 is 5.97 Å². The molecule has 18 heavy (non-hydrogen) atoms. The Balaban J connectivity index is 2.89. The number of benzene rings is 1. The van der Waals surface area contributed by atoms with E-state index in [9.17, 15) is 13.2 Å². The third-order valence-electron chi connectivity index (χ3n) is 2.24. The maximum absolute atomic E-state index is 11.7. The van der Waals surface area contributed by atoms with E-state index in [1.807, 2.05) is 0 Å². The second-order valence-corrected chi connectivity index (χ2v) is 6.79. The predicted octanol–water partition coefficient (Wildman–Crippen LogP) is 1.85. The highest BCUT2D eigenvalue weighted by atomic mass is 79.9. The molecule has 0 spiro atoms. The van der Waals surface area contributed by atoms with Crippen molar-refractivity contribution in [2.24, 2.45) is 0 Å². The Hall–Kier alpha value is -1.08. The largest absolute Gasteiger partial charge is 0.496 e. The molecule has 0 aliphatic heterocycles. The van der Waals surface area contributed by atoms with Crippen LogP contribution in [0.2, 0.25) is 0 Å². The molecule has 0 aliphatic rings. The van der Waals surface area contributed by atoms with E-state index < -0.39 is 22.2 Å². The lowest BCUT2D eigenvalue weighted by Gasteiger charge is -2.09. The molecule has 0 atom stereocenters. The average molecular weight is 337 g/mol. The van der Waals surface area contributed by atoms with E-state index in [0.29, 0.717) is 11.3 Å². The van der Waals surface area contributed by atoms with Gasteiger partial charge in [-0.25, -0.2) is 8.42 Å². The number of ether oxygens (including phenoxy) is 1. The number of hydrogen-bond donors (Lipinski definition) is 1. The minimum absolute atomic E-state index is 0.233. The van der Waals surface area contributed by atoms with Gasteiger partial charge in [0.05, 0.1) is 25.0 Å². The molecule has 100 valence electrons. The first-order chi connectivity index (χ1) is 8.34. The lowest BCUT2D eigenvalue weighted by Crippen LogP contribution is -2.13. The van der Waals surface area contributed by atoms with Crippen molar-refractivity contribution in [1.29, 1.82) is 0 Å². The van der Waals surface area contributed by atoms with Crippen molar-refractivity contribution < 1.29 is 23.1 Å². The Morgan fingerprint density at radius 3 is 2.67 bits per heavy atom. The molecule has 0 heterocycles. The fourth-order valence-corrected chi connectivity index (χ4v) is 3.15. The number of carboxylic acid groups (broad SMARTS) is 1. The highest BCUT2D eigenvalue weighted by Gasteiger charge is 2.17. The zero-order valence-electron chi connectivity index (χ0n) is 9.72. The van der Waals surface area contributed by atoms with Crippen LogP contribution < -0.4 is 4.74 Å². The number of rotatable bonds is 6. The van der Waals surface area contributed by atoms with Gasteiger partial charge in [-0.15, -0.1) is 0 Å². The van der Waals surface area contributed by atoms with Crippen molar-refractivity contribution in [3.8, 4) is 5.75 Å². The normalized spacial score (nSPS) is 11.2. The van der Waals surface area contributed by atoms with Crippen LogP contribution >= 0.6 is 15.9 Å². The predicted molar refractivity (Wildman–Crippen MR) is 70.4 cm³/mol. The first kappa shape index (κ1) is 15.0. The third-order valence-corrected chi connectivity index (χ3v) is 4.32. The van der Waals surface area contributed by atoms with E-state index >= 15 is 0 Å². The summed E-state index contributed by atoms with van der Waals surface area (Å²) in [4.78, 5) is 10.4. The van der Waals surface area contributed by atoms with Crippen LogP contribution in [0.3, 0.4) is 0 Å². The van der Waals surface area contributed by atoms with Crippen molar-refractivity contribution >= 4 is 31.7 Å². The van der Waals surface area contributed by atoms with E-state index in [-0.39, 0.29) is 11.5 Å². The molecule has 0 bridgehead atoms. The summed E-state index contributed by atoms with van der Waals surface area (Å²) < 4.78 is 29.3. The second kappa shape index (κ2) is 6.19. The molecule has 0 radical (unpaired) electrons. The van der Waals surface area contributed by atoms with E-state index in [0.717, 1.165) is 4.47 Å². The molecule has 0 aromatic heterocycles.